The van der Waals surface area contributed by atoms with Gasteiger partial charge >= 0.3 is 0 Å². The van der Waals surface area contributed by atoms with E-state index in [0.717, 1.165) is 11.4 Å². The fourth-order valence-electron chi connectivity index (χ4n) is 10.3. The molecule has 0 saturated carbocycles. The fourth-order valence-corrected chi connectivity index (χ4v) is 15.1. The predicted octanol–water partition coefficient (Wildman–Crippen LogP) is 12.6. The van der Waals surface area contributed by atoms with E-state index in [1.54, 1.807) is 0 Å². The van der Waals surface area contributed by atoms with Crippen molar-refractivity contribution >= 4 is 72.4 Å². The van der Waals surface area contributed by atoms with E-state index in [-0.39, 0.29) is 0 Å². The van der Waals surface area contributed by atoms with Gasteiger partial charge in [-0.3, -0.25) is 0 Å². The van der Waals surface area contributed by atoms with Crippen LogP contribution in [-0.4, -0.2) is 17.2 Å². The summed E-state index contributed by atoms with van der Waals surface area (Å²) in [7, 11) is -2.75. The zero-order valence-electron chi connectivity index (χ0n) is 34.6. The minimum atomic E-state index is -2.75. The van der Waals surface area contributed by atoms with Gasteiger partial charge in [0.1, 0.15) is 0 Å². The molecule has 0 N–H and O–H groups in total. The van der Waals surface area contributed by atoms with Gasteiger partial charge in [-0.2, -0.15) is 0 Å². The van der Waals surface area contributed by atoms with Gasteiger partial charge in [0, 0.05) is 32.8 Å². The molecule has 12 aromatic rings. The van der Waals surface area contributed by atoms with Crippen LogP contribution in [0.5, 0.6) is 0 Å². The minimum Gasteiger partial charge on any atom is -0.309 e. The van der Waals surface area contributed by atoms with Gasteiger partial charge in [0.15, 0.2) is 8.07 Å². The molecule has 2 heterocycles. The maximum Gasteiger partial charge on any atom is 0.179 e. The monoisotopic (exact) mass is 818 g/mol. The standard InChI is InChI=1S/C60H42N2Si/c1-6-20-43(21-7-1)45-34-37-53-54-38-35-46(41-60(54)62(59(53)40-45)56-32-18-16-30-51(56)44-22-8-2-9-23-44)61-57-33-19-17-31-52(57)55-42-50(36-39-58(55)61)63(47-24-10-3-11-25-47,48-26-12-4-13-27-48)49-28-14-5-15-29-49/h1-42H. The van der Waals surface area contributed by atoms with E-state index in [0.29, 0.717) is 0 Å². The van der Waals surface area contributed by atoms with Crippen LogP contribution in [0.1, 0.15) is 0 Å². The number of nitrogens with zero attached hydrogens (tertiary/aromatic N) is 2. The average molecular weight is 819 g/mol. The Labute approximate surface area is 368 Å². The molecule has 0 aliphatic rings. The highest BCUT2D eigenvalue weighted by atomic mass is 28.3. The highest BCUT2D eigenvalue weighted by molar-refractivity contribution is 7.20. The Balaban J connectivity index is 1.13. The lowest BCUT2D eigenvalue weighted by atomic mass is 10.0. The van der Waals surface area contributed by atoms with Gasteiger partial charge in [0.25, 0.3) is 0 Å². The van der Waals surface area contributed by atoms with Gasteiger partial charge in [-0.1, -0.05) is 218 Å². The van der Waals surface area contributed by atoms with Crippen LogP contribution < -0.4 is 20.7 Å². The van der Waals surface area contributed by atoms with E-state index in [1.807, 2.05) is 0 Å². The molecule has 2 aromatic heterocycles. The maximum absolute atomic E-state index is 2.75. The number of hydrogen-bond donors (Lipinski definition) is 0. The molecule has 0 radical (unpaired) electrons. The summed E-state index contributed by atoms with van der Waals surface area (Å²) >= 11 is 0. The normalized spacial score (nSPS) is 11.8. The first-order valence-electron chi connectivity index (χ1n) is 21.8. The topological polar surface area (TPSA) is 9.86 Å². The van der Waals surface area contributed by atoms with Crippen molar-refractivity contribution in [2.75, 3.05) is 0 Å². The highest BCUT2D eigenvalue weighted by Crippen LogP contribution is 2.40. The van der Waals surface area contributed by atoms with Gasteiger partial charge in [0.05, 0.1) is 27.8 Å². The third-order valence-corrected chi connectivity index (χ3v) is 17.8. The smallest absolute Gasteiger partial charge is 0.179 e. The van der Waals surface area contributed by atoms with Gasteiger partial charge in [-0.05, 0) is 73.8 Å². The Morgan fingerprint density at radius 1 is 0.254 bits per heavy atom. The van der Waals surface area contributed by atoms with Crippen LogP contribution in [0, 0.1) is 0 Å². The molecule has 10 aromatic carbocycles. The van der Waals surface area contributed by atoms with Gasteiger partial charge < -0.3 is 9.13 Å². The summed E-state index contributed by atoms with van der Waals surface area (Å²) in [4.78, 5) is 0. The summed E-state index contributed by atoms with van der Waals surface area (Å²) in [6.07, 6.45) is 0. The molecular formula is C60H42N2Si. The third kappa shape index (κ3) is 5.93. The Morgan fingerprint density at radius 2 is 0.746 bits per heavy atom. The molecule has 0 bridgehead atoms. The van der Waals surface area contributed by atoms with Crippen LogP contribution in [0.2, 0.25) is 0 Å². The number of fused-ring (bicyclic) bond motifs is 6. The first-order valence-corrected chi connectivity index (χ1v) is 23.8. The Morgan fingerprint density at radius 3 is 1.40 bits per heavy atom. The summed E-state index contributed by atoms with van der Waals surface area (Å²) in [5, 5.41) is 10.4. The van der Waals surface area contributed by atoms with E-state index < -0.39 is 8.07 Å². The second kappa shape index (κ2) is 15.2. The van der Waals surface area contributed by atoms with Crippen molar-refractivity contribution in [3.05, 3.63) is 255 Å². The van der Waals surface area contributed by atoms with Crippen LogP contribution in [0.25, 0.3) is 77.2 Å². The molecule has 12 rings (SSSR count). The molecule has 0 atom stereocenters. The second-order valence-electron chi connectivity index (χ2n) is 16.5. The van der Waals surface area contributed by atoms with Crippen molar-refractivity contribution < 1.29 is 0 Å². The van der Waals surface area contributed by atoms with Crippen LogP contribution in [0.3, 0.4) is 0 Å². The van der Waals surface area contributed by atoms with E-state index in [4.69, 9.17) is 0 Å². The SMILES string of the molecule is c1ccc(-c2ccc3c4ccc(-n5c6ccccc6c6cc([Si](c7ccccc7)(c7ccccc7)c7ccccc7)ccc65)cc4n(-c4ccccc4-c4ccccc4)c3c2)cc1. The van der Waals surface area contributed by atoms with E-state index >= 15 is 0 Å². The lowest BCUT2D eigenvalue weighted by Crippen LogP contribution is -2.74. The highest BCUT2D eigenvalue weighted by Gasteiger charge is 2.41. The van der Waals surface area contributed by atoms with Gasteiger partial charge in [-0.15, -0.1) is 0 Å². The molecule has 2 nitrogen and oxygen atoms in total. The van der Waals surface area contributed by atoms with Crippen molar-refractivity contribution in [2.45, 2.75) is 0 Å². The van der Waals surface area contributed by atoms with Crippen molar-refractivity contribution in [1.29, 1.82) is 0 Å². The molecule has 0 unspecified atom stereocenters. The maximum atomic E-state index is 2.52. The molecule has 0 spiro atoms. The molecule has 0 amide bonds. The first-order chi connectivity index (χ1) is 31.3. The predicted molar refractivity (Wildman–Crippen MR) is 270 cm³/mol. The van der Waals surface area contributed by atoms with Crippen molar-refractivity contribution in [1.82, 2.24) is 9.13 Å². The lowest BCUT2D eigenvalue weighted by Gasteiger charge is -2.34. The van der Waals surface area contributed by atoms with Gasteiger partial charge in [0.2, 0.25) is 0 Å². The van der Waals surface area contributed by atoms with Crippen molar-refractivity contribution in [3.8, 4) is 33.6 Å². The molecule has 0 fully saturated rings. The van der Waals surface area contributed by atoms with Crippen LogP contribution in [0.15, 0.2) is 255 Å². The lowest BCUT2D eigenvalue weighted by molar-refractivity contribution is 1.16. The molecule has 63 heavy (non-hydrogen) atoms. The molecule has 3 heteroatoms. The van der Waals surface area contributed by atoms with E-state index in [1.165, 1.54) is 86.6 Å². The zero-order chi connectivity index (χ0) is 41.7. The quantitative estimate of drug-likeness (QED) is 0.107. The largest absolute Gasteiger partial charge is 0.309 e. The number of benzene rings is 10. The van der Waals surface area contributed by atoms with E-state index in [9.17, 15) is 0 Å². The molecule has 296 valence electrons. The van der Waals surface area contributed by atoms with Gasteiger partial charge in [-0.25, -0.2) is 0 Å². The summed E-state index contributed by atoms with van der Waals surface area (Å²) in [5.74, 6) is 0. The zero-order valence-corrected chi connectivity index (χ0v) is 35.6. The summed E-state index contributed by atoms with van der Waals surface area (Å²) < 4.78 is 4.97. The fraction of sp³-hybridized carbons (Fsp3) is 0. The Bertz CT molecular complexity index is 3500. The first kappa shape index (κ1) is 36.8. The Hall–Kier alpha value is -7.98. The minimum absolute atomic E-state index is 1.13. The molecule has 0 aliphatic heterocycles. The average Bonchev–Trinajstić information content (AvgIpc) is 3.87. The summed E-state index contributed by atoms with van der Waals surface area (Å²) in [5.41, 5.74) is 11.8. The third-order valence-electron chi connectivity index (χ3n) is 13.1. The van der Waals surface area contributed by atoms with Crippen LogP contribution in [0.4, 0.5) is 0 Å². The Kier molecular flexibility index (Phi) is 8.87. The number of para-hydroxylation sites is 2. The van der Waals surface area contributed by atoms with Crippen LogP contribution >= 0.6 is 0 Å². The van der Waals surface area contributed by atoms with E-state index in [2.05, 4.69) is 264 Å². The van der Waals surface area contributed by atoms with Crippen molar-refractivity contribution in [3.63, 3.8) is 0 Å². The van der Waals surface area contributed by atoms with Crippen LogP contribution in [-0.2, 0) is 0 Å². The number of rotatable bonds is 8. The van der Waals surface area contributed by atoms with Crippen molar-refractivity contribution in [2.24, 2.45) is 0 Å². The molecule has 0 saturated heterocycles. The summed E-state index contributed by atoms with van der Waals surface area (Å²) in [6, 6.07) is 94.2. The molecular weight excluding hydrogens is 777 g/mol. The number of aromatic nitrogens is 2. The summed E-state index contributed by atoms with van der Waals surface area (Å²) in [6.45, 7) is 0. The number of hydrogen-bond acceptors (Lipinski definition) is 0. The second-order valence-corrected chi connectivity index (χ2v) is 20.3. The molecule has 0 aliphatic carbocycles.